The molecular formula is C19H19N4OS2+. The van der Waals surface area contributed by atoms with Crippen LogP contribution in [0, 0.1) is 11.3 Å². The van der Waals surface area contributed by atoms with Crippen LogP contribution in [0.25, 0.3) is 10.2 Å². The second kappa shape index (κ2) is 7.54. The van der Waals surface area contributed by atoms with Crippen molar-refractivity contribution in [2.24, 2.45) is 0 Å². The van der Waals surface area contributed by atoms with Gasteiger partial charge in [0, 0.05) is 6.42 Å². The summed E-state index contributed by atoms with van der Waals surface area (Å²) in [7, 11) is 0. The molecule has 132 valence electrons. The Bertz CT molecular complexity index is 938. The van der Waals surface area contributed by atoms with Gasteiger partial charge >= 0.3 is 0 Å². The quantitative estimate of drug-likeness (QED) is 0.728. The number of para-hydroxylation sites is 1. The molecule has 0 spiro atoms. The Labute approximate surface area is 159 Å². The van der Waals surface area contributed by atoms with Gasteiger partial charge in [0.25, 0.3) is 5.91 Å². The van der Waals surface area contributed by atoms with Crippen LogP contribution in [0.2, 0.25) is 0 Å². The average molecular weight is 384 g/mol. The number of hydrogen-bond donors (Lipinski definition) is 2. The fourth-order valence-corrected chi connectivity index (χ4v) is 5.41. The molecule has 2 N–H and O–H groups in total. The number of rotatable bonds is 4. The molecule has 0 saturated carbocycles. The first kappa shape index (κ1) is 17.2. The summed E-state index contributed by atoms with van der Waals surface area (Å²) in [6, 6.07) is 12.3. The van der Waals surface area contributed by atoms with Crippen LogP contribution < -0.4 is 10.2 Å². The van der Waals surface area contributed by atoms with E-state index in [1.807, 2.05) is 23.6 Å². The number of likely N-dealkylation sites (tertiary alicyclic amines) is 1. The summed E-state index contributed by atoms with van der Waals surface area (Å²) < 4.78 is 1.20. The number of thiazole rings is 1. The topological polar surface area (TPSA) is 70.2 Å². The maximum absolute atomic E-state index is 12.5. The lowest BCUT2D eigenvalue weighted by molar-refractivity contribution is -0.929. The molecule has 7 heteroatoms. The molecule has 1 aromatic carbocycles. The Morgan fingerprint density at radius 3 is 3.08 bits per heavy atom. The Kier molecular flexibility index (Phi) is 4.98. The molecule has 3 aromatic rings. The van der Waals surface area contributed by atoms with Crippen LogP contribution in [-0.4, -0.2) is 24.0 Å². The SMILES string of the molecule is N#Cc1ccsc1NC(=O)C[NH+]1CCCC[C@H]1c1nc2ccccc2s1. The number of aromatic nitrogens is 1. The molecule has 1 fully saturated rings. The minimum atomic E-state index is -0.0352. The summed E-state index contributed by atoms with van der Waals surface area (Å²) >= 11 is 3.13. The van der Waals surface area contributed by atoms with Gasteiger partial charge in [-0.1, -0.05) is 12.1 Å². The van der Waals surface area contributed by atoms with E-state index >= 15 is 0 Å². The molecule has 1 unspecified atom stereocenters. The fraction of sp³-hybridized carbons (Fsp3) is 0.316. The third kappa shape index (κ3) is 3.49. The zero-order valence-electron chi connectivity index (χ0n) is 14.2. The molecule has 1 aliphatic heterocycles. The number of nitrogens with zero attached hydrogens (tertiary/aromatic N) is 2. The highest BCUT2D eigenvalue weighted by Crippen LogP contribution is 2.28. The van der Waals surface area contributed by atoms with Gasteiger partial charge < -0.3 is 10.2 Å². The summed E-state index contributed by atoms with van der Waals surface area (Å²) in [6.45, 7) is 1.38. The summed E-state index contributed by atoms with van der Waals surface area (Å²) in [5.74, 6) is -0.0352. The van der Waals surface area contributed by atoms with E-state index in [2.05, 4.69) is 17.5 Å². The number of nitriles is 1. The van der Waals surface area contributed by atoms with E-state index in [1.54, 1.807) is 17.4 Å². The van der Waals surface area contributed by atoms with Crippen molar-refractivity contribution in [2.45, 2.75) is 25.3 Å². The number of thiophene rings is 1. The predicted molar refractivity (Wildman–Crippen MR) is 105 cm³/mol. The molecule has 0 bridgehead atoms. The van der Waals surface area contributed by atoms with E-state index in [9.17, 15) is 4.79 Å². The van der Waals surface area contributed by atoms with Gasteiger partial charge in [0.15, 0.2) is 11.6 Å². The van der Waals surface area contributed by atoms with Crippen molar-refractivity contribution >= 4 is 43.8 Å². The Morgan fingerprint density at radius 1 is 1.35 bits per heavy atom. The van der Waals surface area contributed by atoms with Crippen molar-refractivity contribution in [1.82, 2.24) is 4.98 Å². The molecule has 1 amide bonds. The van der Waals surface area contributed by atoms with Crippen LogP contribution in [0.15, 0.2) is 35.7 Å². The monoisotopic (exact) mass is 383 g/mol. The lowest BCUT2D eigenvalue weighted by Gasteiger charge is -2.30. The number of carbonyl (C=O) groups is 1. The van der Waals surface area contributed by atoms with E-state index in [-0.39, 0.29) is 11.9 Å². The standard InChI is InChI=1S/C19H18N4OS2/c20-11-13-8-10-25-18(13)22-17(24)12-23-9-4-3-6-15(23)19-21-14-5-1-2-7-16(14)26-19/h1-2,5,7-8,10,15H,3-4,6,9,12H2,(H,22,24)/p+1/t15-/m0/s1. The van der Waals surface area contributed by atoms with E-state index in [4.69, 9.17) is 10.2 Å². The number of benzene rings is 1. The van der Waals surface area contributed by atoms with Gasteiger partial charge in [-0.3, -0.25) is 4.79 Å². The number of fused-ring (bicyclic) bond motifs is 1. The molecule has 1 aliphatic rings. The van der Waals surface area contributed by atoms with Gasteiger partial charge in [-0.2, -0.15) is 5.26 Å². The van der Waals surface area contributed by atoms with E-state index < -0.39 is 0 Å². The van der Waals surface area contributed by atoms with Crippen LogP contribution in [0.1, 0.15) is 35.9 Å². The third-order valence-electron chi connectivity index (χ3n) is 4.77. The first-order valence-corrected chi connectivity index (χ1v) is 10.4. The van der Waals surface area contributed by atoms with Crippen molar-refractivity contribution in [3.05, 3.63) is 46.3 Å². The largest absolute Gasteiger partial charge is 0.319 e. The van der Waals surface area contributed by atoms with Gasteiger partial charge in [-0.05, 0) is 36.4 Å². The molecule has 0 radical (unpaired) electrons. The van der Waals surface area contributed by atoms with Crippen LogP contribution in [-0.2, 0) is 4.79 Å². The predicted octanol–water partition coefficient (Wildman–Crippen LogP) is 2.98. The molecule has 2 aromatic heterocycles. The van der Waals surface area contributed by atoms with Crippen molar-refractivity contribution in [1.29, 1.82) is 5.26 Å². The highest BCUT2D eigenvalue weighted by atomic mass is 32.1. The van der Waals surface area contributed by atoms with Gasteiger partial charge in [-0.25, -0.2) is 4.98 Å². The van der Waals surface area contributed by atoms with Crippen LogP contribution >= 0.6 is 22.7 Å². The van der Waals surface area contributed by atoms with Gasteiger partial charge in [0.2, 0.25) is 0 Å². The number of anilines is 1. The molecule has 3 heterocycles. The maximum Gasteiger partial charge on any atom is 0.280 e. The van der Waals surface area contributed by atoms with Crippen LogP contribution in [0.3, 0.4) is 0 Å². The lowest BCUT2D eigenvalue weighted by Crippen LogP contribution is -3.14. The fourth-order valence-electron chi connectivity index (χ4n) is 3.50. The van der Waals surface area contributed by atoms with Crippen molar-refractivity contribution in [2.75, 3.05) is 18.4 Å². The first-order valence-electron chi connectivity index (χ1n) is 8.72. The van der Waals surface area contributed by atoms with Crippen LogP contribution in [0.4, 0.5) is 5.00 Å². The Morgan fingerprint density at radius 2 is 2.23 bits per heavy atom. The van der Waals surface area contributed by atoms with Gasteiger partial charge in [-0.15, -0.1) is 22.7 Å². The highest BCUT2D eigenvalue weighted by Gasteiger charge is 2.32. The smallest absolute Gasteiger partial charge is 0.280 e. The van der Waals surface area contributed by atoms with Crippen molar-refractivity contribution in [3.63, 3.8) is 0 Å². The number of hydrogen-bond acceptors (Lipinski definition) is 5. The second-order valence-corrected chi connectivity index (χ2v) is 8.45. The number of piperidine rings is 1. The Hall–Kier alpha value is -2.27. The molecule has 26 heavy (non-hydrogen) atoms. The maximum atomic E-state index is 12.5. The summed E-state index contributed by atoms with van der Waals surface area (Å²) in [4.78, 5) is 18.6. The molecule has 1 saturated heterocycles. The summed E-state index contributed by atoms with van der Waals surface area (Å²) in [6.07, 6.45) is 3.37. The van der Waals surface area contributed by atoms with E-state index in [0.29, 0.717) is 17.1 Å². The van der Waals surface area contributed by atoms with Crippen molar-refractivity contribution < 1.29 is 9.69 Å². The molecule has 5 nitrogen and oxygen atoms in total. The third-order valence-corrected chi connectivity index (χ3v) is 6.75. The minimum Gasteiger partial charge on any atom is -0.319 e. The number of amides is 1. The molecular weight excluding hydrogens is 364 g/mol. The first-order chi connectivity index (χ1) is 12.7. The van der Waals surface area contributed by atoms with Crippen molar-refractivity contribution in [3.8, 4) is 6.07 Å². The second-order valence-electron chi connectivity index (χ2n) is 6.48. The zero-order chi connectivity index (χ0) is 17.9. The molecule has 4 rings (SSSR count). The summed E-state index contributed by atoms with van der Waals surface area (Å²) in [5.41, 5.74) is 1.57. The highest BCUT2D eigenvalue weighted by molar-refractivity contribution is 7.18. The average Bonchev–Trinajstić information content (AvgIpc) is 3.28. The zero-order valence-corrected chi connectivity index (χ0v) is 15.8. The number of carbonyl (C=O) groups excluding carboxylic acids is 1. The lowest BCUT2D eigenvalue weighted by atomic mass is 10.0. The minimum absolute atomic E-state index is 0.0352. The van der Waals surface area contributed by atoms with E-state index in [0.717, 1.165) is 29.9 Å². The Balaban J connectivity index is 1.50. The normalized spacial score (nSPS) is 20.0. The summed E-state index contributed by atoms with van der Waals surface area (Å²) in [5, 5.41) is 15.6. The van der Waals surface area contributed by atoms with E-state index in [1.165, 1.54) is 27.4 Å². The number of quaternary nitrogens is 1. The number of nitrogens with one attached hydrogen (secondary N) is 2. The molecule has 0 aliphatic carbocycles. The van der Waals surface area contributed by atoms with Gasteiger partial charge in [0.05, 0.1) is 22.3 Å². The molecule has 2 atom stereocenters. The van der Waals surface area contributed by atoms with Crippen LogP contribution in [0.5, 0.6) is 0 Å². The van der Waals surface area contributed by atoms with Gasteiger partial charge in [0.1, 0.15) is 17.1 Å².